The quantitative estimate of drug-likeness (QED) is 0.751. The number of nitrogens with zero attached hydrogens (tertiary/aromatic N) is 2. The lowest BCUT2D eigenvalue weighted by molar-refractivity contribution is 0.312. The van der Waals surface area contributed by atoms with Crippen molar-refractivity contribution in [1.29, 1.82) is 0 Å². The Balaban J connectivity index is 2.20. The predicted molar refractivity (Wildman–Crippen MR) is 79.6 cm³/mol. The van der Waals surface area contributed by atoms with Crippen LogP contribution < -0.4 is 4.90 Å². The minimum absolute atomic E-state index is 0.241. The summed E-state index contributed by atoms with van der Waals surface area (Å²) in [5.41, 5.74) is 4.49. The largest absolute Gasteiger partial charge is 0.369 e. The Kier molecular flexibility index (Phi) is 3.67. The fraction of sp³-hybridized carbons (Fsp3) is 0.625. The number of hydrogen-bond acceptors (Lipinski definition) is 2. The SMILES string of the molecule is Cc1cc(C(C)(C)C)ccc1N1CCN(C)CC1. The molecule has 1 aliphatic heterocycles. The summed E-state index contributed by atoms with van der Waals surface area (Å²) in [4.78, 5) is 4.91. The fourth-order valence-corrected chi connectivity index (χ4v) is 2.52. The van der Waals surface area contributed by atoms with Gasteiger partial charge in [-0.3, -0.25) is 0 Å². The number of benzene rings is 1. The van der Waals surface area contributed by atoms with Crippen LogP contribution in [0.4, 0.5) is 5.69 Å². The van der Waals surface area contributed by atoms with Crippen molar-refractivity contribution in [1.82, 2.24) is 4.90 Å². The van der Waals surface area contributed by atoms with Crippen LogP contribution in [0.2, 0.25) is 0 Å². The summed E-state index contributed by atoms with van der Waals surface area (Å²) >= 11 is 0. The number of anilines is 1. The van der Waals surface area contributed by atoms with Gasteiger partial charge in [0.2, 0.25) is 0 Å². The minimum Gasteiger partial charge on any atom is -0.369 e. The summed E-state index contributed by atoms with van der Waals surface area (Å²) in [7, 11) is 2.20. The zero-order chi connectivity index (χ0) is 13.3. The molecule has 0 amide bonds. The molecule has 1 saturated heterocycles. The van der Waals surface area contributed by atoms with Crippen LogP contribution in [-0.2, 0) is 5.41 Å². The molecule has 0 aromatic heterocycles. The third-order valence-electron chi connectivity index (χ3n) is 3.91. The zero-order valence-corrected chi connectivity index (χ0v) is 12.5. The van der Waals surface area contributed by atoms with E-state index in [-0.39, 0.29) is 5.41 Å². The molecular formula is C16H26N2. The van der Waals surface area contributed by atoms with Crippen molar-refractivity contribution >= 4 is 5.69 Å². The average molecular weight is 246 g/mol. The minimum atomic E-state index is 0.241. The molecule has 0 atom stereocenters. The molecule has 1 fully saturated rings. The lowest BCUT2D eigenvalue weighted by Gasteiger charge is -2.35. The molecule has 0 N–H and O–H groups in total. The summed E-state index contributed by atoms with van der Waals surface area (Å²) in [5.74, 6) is 0. The van der Waals surface area contributed by atoms with Gasteiger partial charge in [-0.25, -0.2) is 0 Å². The normalized spacial score (nSPS) is 18.2. The van der Waals surface area contributed by atoms with Gasteiger partial charge in [-0.05, 0) is 36.6 Å². The van der Waals surface area contributed by atoms with E-state index in [1.165, 1.54) is 29.9 Å². The van der Waals surface area contributed by atoms with Crippen molar-refractivity contribution in [3.8, 4) is 0 Å². The highest BCUT2D eigenvalue weighted by atomic mass is 15.2. The molecule has 0 unspecified atom stereocenters. The number of aryl methyl sites for hydroxylation is 1. The molecule has 1 heterocycles. The highest BCUT2D eigenvalue weighted by Gasteiger charge is 2.18. The molecule has 1 aromatic carbocycles. The predicted octanol–water partition coefficient (Wildman–Crippen LogP) is 3.04. The number of rotatable bonds is 1. The molecule has 0 radical (unpaired) electrons. The molecule has 2 heteroatoms. The Morgan fingerprint density at radius 3 is 2.11 bits per heavy atom. The lowest BCUT2D eigenvalue weighted by atomic mass is 9.86. The second kappa shape index (κ2) is 4.93. The highest BCUT2D eigenvalue weighted by Crippen LogP contribution is 2.28. The molecule has 2 rings (SSSR count). The summed E-state index contributed by atoms with van der Waals surface area (Å²) in [6.45, 7) is 13.7. The van der Waals surface area contributed by atoms with Crippen LogP contribution in [-0.4, -0.2) is 38.1 Å². The molecule has 0 aliphatic carbocycles. The van der Waals surface area contributed by atoms with Crippen LogP contribution in [0, 0.1) is 6.92 Å². The summed E-state index contributed by atoms with van der Waals surface area (Å²) in [6, 6.07) is 6.95. The van der Waals surface area contributed by atoms with Crippen molar-refractivity contribution in [2.75, 3.05) is 38.1 Å². The molecule has 1 aromatic rings. The molecule has 1 aliphatic rings. The maximum atomic E-state index is 2.52. The molecule has 18 heavy (non-hydrogen) atoms. The van der Waals surface area contributed by atoms with E-state index in [4.69, 9.17) is 0 Å². The first-order valence-corrected chi connectivity index (χ1v) is 6.92. The van der Waals surface area contributed by atoms with E-state index in [9.17, 15) is 0 Å². The van der Waals surface area contributed by atoms with Crippen LogP contribution in [0.1, 0.15) is 31.9 Å². The molecule has 0 saturated carbocycles. The van der Waals surface area contributed by atoms with Gasteiger partial charge in [0.15, 0.2) is 0 Å². The Bertz CT molecular complexity index is 410. The first-order chi connectivity index (χ1) is 8.38. The van der Waals surface area contributed by atoms with Crippen LogP contribution in [0.25, 0.3) is 0 Å². The van der Waals surface area contributed by atoms with Gasteiger partial charge < -0.3 is 9.80 Å². The first-order valence-electron chi connectivity index (χ1n) is 6.92. The second-order valence-corrected chi connectivity index (χ2v) is 6.54. The molecule has 2 nitrogen and oxygen atoms in total. The van der Waals surface area contributed by atoms with Crippen molar-refractivity contribution in [2.24, 2.45) is 0 Å². The molecular weight excluding hydrogens is 220 g/mol. The lowest BCUT2D eigenvalue weighted by Crippen LogP contribution is -2.44. The fourth-order valence-electron chi connectivity index (χ4n) is 2.52. The van der Waals surface area contributed by atoms with Crippen molar-refractivity contribution in [2.45, 2.75) is 33.1 Å². The van der Waals surface area contributed by atoms with Gasteiger partial charge in [0.1, 0.15) is 0 Å². The van der Waals surface area contributed by atoms with Gasteiger partial charge in [0.25, 0.3) is 0 Å². The second-order valence-electron chi connectivity index (χ2n) is 6.54. The Morgan fingerprint density at radius 2 is 1.61 bits per heavy atom. The summed E-state index contributed by atoms with van der Waals surface area (Å²) in [6.07, 6.45) is 0. The van der Waals surface area contributed by atoms with Crippen LogP contribution in [0.5, 0.6) is 0 Å². The third-order valence-corrected chi connectivity index (χ3v) is 3.91. The molecule has 100 valence electrons. The maximum Gasteiger partial charge on any atom is 0.0397 e. The average Bonchev–Trinajstić information content (AvgIpc) is 2.29. The van der Waals surface area contributed by atoms with E-state index < -0.39 is 0 Å². The topological polar surface area (TPSA) is 6.48 Å². The third kappa shape index (κ3) is 2.86. The molecule has 0 spiro atoms. The van der Waals surface area contributed by atoms with E-state index in [1.807, 2.05) is 0 Å². The van der Waals surface area contributed by atoms with E-state index in [0.717, 1.165) is 13.1 Å². The van der Waals surface area contributed by atoms with Crippen LogP contribution >= 0.6 is 0 Å². The van der Waals surface area contributed by atoms with Gasteiger partial charge in [-0.1, -0.05) is 32.9 Å². The van der Waals surface area contributed by atoms with Gasteiger partial charge in [0, 0.05) is 31.9 Å². The number of piperazine rings is 1. The monoisotopic (exact) mass is 246 g/mol. The van der Waals surface area contributed by atoms with E-state index in [1.54, 1.807) is 0 Å². The van der Waals surface area contributed by atoms with Crippen molar-refractivity contribution in [3.05, 3.63) is 29.3 Å². The zero-order valence-electron chi connectivity index (χ0n) is 12.5. The van der Waals surface area contributed by atoms with E-state index in [2.05, 4.69) is 62.7 Å². The molecule has 0 bridgehead atoms. The Morgan fingerprint density at radius 1 is 1.00 bits per heavy atom. The van der Waals surface area contributed by atoms with Crippen LogP contribution in [0.15, 0.2) is 18.2 Å². The highest BCUT2D eigenvalue weighted by molar-refractivity contribution is 5.55. The van der Waals surface area contributed by atoms with Gasteiger partial charge in [-0.2, -0.15) is 0 Å². The standard InChI is InChI=1S/C16H26N2/c1-13-12-14(16(2,3)4)6-7-15(13)18-10-8-17(5)9-11-18/h6-7,12H,8-11H2,1-5H3. The van der Waals surface area contributed by atoms with Crippen molar-refractivity contribution < 1.29 is 0 Å². The summed E-state index contributed by atoms with van der Waals surface area (Å²) < 4.78 is 0. The smallest absolute Gasteiger partial charge is 0.0397 e. The first kappa shape index (κ1) is 13.4. The van der Waals surface area contributed by atoms with E-state index >= 15 is 0 Å². The van der Waals surface area contributed by atoms with Crippen LogP contribution in [0.3, 0.4) is 0 Å². The Labute approximate surface area is 112 Å². The van der Waals surface area contributed by atoms with E-state index in [0.29, 0.717) is 0 Å². The number of hydrogen-bond donors (Lipinski definition) is 0. The van der Waals surface area contributed by atoms with Crippen molar-refractivity contribution in [3.63, 3.8) is 0 Å². The van der Waals surface area contributed by atoms with Gasteiger partial charge >= 0.3 is 0 Å². The maximum absolute atomic E-state index is 2.52. The van der Waals surface area contributed by atoms with Gasteiger partial charge in [0.05, 0.1) is 0 Å². The number of likely N-dealkylation sites (N-methyl/N-ethyl adjacent to an activating group) is 1. The summed E-state index contributed by atoms with van der Waals surface area (Å²) in [5, 5.41) is 0. The van der Waals surface area contributed by atoms with Gasteiger partial charge in [-0.15, -0.1) is 0 Å². The Hall–Kier alpha value is -1.02.